The molecule has 5 rings (SSSR count). The summed E-state index contributed by atoms with van der Waals surface area (Å²) in [5.41, 5.74) is 3.55. The van der Waals surface area contributed by atoms with E-state index < -0.39 is 5.60 Å². The molecule has 0 saturated carbocycles. The van der Waals surface area contributed by atoms with Crippen LogP contribution in [0.2, 0.25) is 5.02 Å². The molecule has 3 heterocycles. The van der Waals surface area contributed by atoms with E-state index in [1.54, 1.807) is 17.4 Å². The van der Waals surface area contributed by atoms with Gasteiger partial charge in [0.25, 0.3) is 0 Å². The average Bonchev–Trinajstić information content (AvgIpc) is 3.13. The number of nitrogens with zero attached hydrogens (tertiary/aromatic N) is 2. The van der Waals surface area contributed by atoms with E-state index in [0.29, 0.717) is 22.8 Å². The van der Waals surface area contributed by atoms with E-state index in [1.165, 1.54) is 10.3 Å². The molecule has 1 spiro atoms. The highest BCUT2D eigenvalue weighted by atomic mass is 35.5. The molecule has 2 aromatic carbocycles. The number of anilines is 1. The van der Waals surface area contributed by atoms with Gasteiger partial charge < -0.3 is 9.64 Å². The molecule has 6 heteroatoms. The molecule has 2 aliphatic rings. The zero-order chi connectivity index (χ0) is 20.2. The van der Waals surface area contributed by atoms with Crippen molar-refractivity contribution in [2.75, 3.05) is 18.0 Å². The van der Waals surface area contributed by atoms with Crippen molar-refractivity contribution in [3.63, 3.8) is 0 Å². The molecule has 0 bridgehead atoms. The lowest BCUT2D eigenvalue weighted by Gasteiger charge is -2.44. The fourth-order valence-electron chi connectivity index (χ4n) is 4.41. The second kappa shape index (κ2) is 6.99. The largest absolute Gasteiger partial charge is 0.486 e. The van der Waals surface area contributed by atoms with Gasteiger partial charge in [-0.2, -0.15) is 0 Å². The normalized spacial score (nSPS) is 18.2. The summed E-state index contributed by atoms with van der Waals surface area (Å²) in [7, 11) is 0. The van der Waals surface area contributed by atoms with Crippen LogP contribution in [0.5, 0.6) is 5.75 Å². The molecular weight excluding hydrogens is 404 g/mol. The first-order valence-corrected chi connectivity index (χ1v) is 11.3. The lowest BCUT2D eigenvalue weighted by Crippen LogP contribution is -2.51. The Bertz CT molecular complexity index is 1120. The van der Waals surface area contributed by atoms with Crippen LogP contribution >= 0.6 is 22.9 Å². The summed E-state index contributed by atoms with van der Waals surface area (Å²) in [6.07, 6.45) is 3.09. The van der Waals surface area contributed by atoms with Crippen molar-refractivity contribution in [3.8, 4) is 5.75 Å². The zero-order valence-corrected chi connectivity index (χ0v) is 18.2. The molecule has 0 aliphatic carbocycles. The number of piperidine rings is 1. The van der Waals surface area contributed by atoms with Crippen LogP contribution in [0.4, 0.5) is 5.13 Å². The van der Waals surface area contributed by atoms with Gasteiger partial charge in [-0.25, -0.2) is 4.98 Å². The minimum atomic E-state index is -0.411. The number of aromatic nitrogens is 1. The molecule has 150 valence electrons. The van der Waals surface area contributed by atoms with E-state index in [4.69, 9.17) is 21.3 Å². The molecule has 0 unspecified atom stereocenters. The minimum Gasteiger partial charge on any atom is -0.486 e. The Kier molecular flexibility index (Phi) is 4.56. The van der Waals surface area contributed by atoms with Crippen molar-refractivity contribution in [2.45, 2.75) is 45.1 Å². The van der Waals surface area contributed by atoms with Crippen LogP contribution in [0, 0.1) is 6.92 Å². The van der Waals surface area contributed by atoms with Gasteiger partial charge in [0.1, 0.15) is 11.4 Å². The van der Waals surface area contributed by atoms with Crippen molar-refractivity contribution in [2.24, 2.45) is 0 Å². The monoisotopic (exact) mass is 426 g/mol. The van der Waals surface area contributed by atoms with Gasteiger partial charge >= 0.3 is 0 Å². The number of Topliss-reactive ketones (excluding diaryl/α,β-unsaturated/α-hetero) is 1. The molecule has 0 amide bonds. The second-order valence-electron chi connectivity index (χ2n) is 8.12. The Morgan fingerprint density at radius 2 is 2.03 bits per heavy atom. The highest BCUT2D eigenvalue weighted by Gasteiger charge is 2.44. The topological polar surface area (TPSA) is 42.4 Å². The van der Waals surface area contributed by atoms with Crippen LogP contribution < -0.4 is 9.64 Å². The number of fused-ring (bicyclic) bond motifs is 2. The molecule has 3 aromatic rings. The molecule has 0 N–H and O–H groups in total. The summed E-state index contributed by atoms with van der Waals surface area (Å²) in [6.45, 7) is 5.82. The quantitative estimate of drug-likeness (QED) is 0.517. The average molecular weight is 427 g/mol. The number of carbonyl (C=O) groups is 1. The third kappa shape index (κ3) is 3.30. The maximum Gasteiger partial charge on any atom is 0.186 e. The fourth-order valence-corrected chi connectivity index (χ4v) is 5.76. The predicted molar refractivity (Wildman–Crippen MR) is 119 cm³/mol. The standard InChI is InChI=1S/C23H23ClN2O2S/c1-3-15-4-5-18-20(11-15)29-22(25-18)26-8-6-23(7-9-26)13-19(27)17-12-16(24)10-14(2)21(17)28-23/h4-5,10-12H,3,6-9,13H2,1-2H3. The Morgan fingerprint density at radius 1 is 1.24 bits per heavy atom. The van der Waals surface area contributed by atoms with Gasteiger partial charge in [0.2, 0.25) is 0 Å². The van der Waals surface area contributed by atoms with Crippen molar-refractivity contribution >= 4 is 44.1 Å². The molecule has 0 atom stereocenters. The van der Waals surface area contributed by atoms with Crippen molar-refractivity contribution < 1.29 is 9.53 Å². The number of ether oxygens (including phenoxy) is 1. The number of ketones is 1. The first-order chi connectivity index (χ1) is 14.0. The number of halogens is 1. The molecule has 29 heavy (non-hydrogen) atoms. The fraction of sp³-hybridized carbons (Fsp3) is 0.391. The Morgan fingerprint density at radius 3 is 2.79 bits per heavy atom. The summed E-state index contributed by atoms with van der Waals surface area (Å²) in [6, 6.07) is 10.1. The number of carbonyl (C=O) groups excluding carboxylic acids is 1. The number of thiazole rings is 1. The van der Waals surface area contributed by atoms with Gasteiger partial charge in [-0.3, -0.25) is 4.79 Å². The van der Waals surface area contributed by atoms with Crippen molar-refractivity contribution in [1.29, 1.82) is 0 Å². The van der Waals surface area contributed by atoms with Crippen LogP contribution in [0.3, 0.4) is 0 Å². The van der Waals surface area contributed by atoms with E-state index in [1.807, 2.05) is 13.0 Å². The van der Waals surface area contributed by atoms with E-state index in [9.17, 15) is 4.79 Å². The van der Waals surface area contributed by atoms with Crippen LogP contribution in [-0.4, -0.2) is 29.5 Å². The van der Waals surface area contributed by atoms with E-state index >= 15 is 0 Å². The number of rotatable bonds is 2. The zero-order valence-electron chi connectivity index (χ0n) is 16.6. The smallest absolute Gasteiger partial charge is 0.186 e. The minimum absolute atomic E-state index is 0.136. The van der Waals surface area contributed by atoms with Crippen LogP contribution in [0.25, 0.3) is 10.2 Å². The van der Waals surface area contributed by atoms with Gasteiger partial charge in [0, 0.05) is 31.0 Å². The second-order valence-corrected chi connectivity index (χ2v) is 9.57. The summed E-state index contributed by atoms with van der Waals surface area (Å²) in [5, 5.41) is 1.65. The molecule has 1 saturated heterocycles. The number of hydrogen-bond acceptors (Lipinski definition) is 5. The highest BCUT2D eigenvalue weighted by Crippen LogP contribution is 2.43. The maximum atomic E-state index is 12.8. The Balaban J connectivity index is 1.37. The third-order valence-corrected chi connectivity index (χ3v) is 7.43. The first-order valence-electron chi connectivity index (χ1n) is 10.1. The van der Waals surface area contributed by atoms with Gasteiger partial charge in [-0.15, -0.1) is 0 Å². The van der Waals surface area contributed by atoms with Crippen molar-refractivity contribution in [3.05, 3.63) is 52.0 Å². The highest BCUT2D eigenvalue weighted by molar-refractivity contribution is 7.22. The molecule has 4 nitrogen and oxygen atoms in total. The summed E-state index contributed by atoms with van der Waals surface area (Å²) >= 11 is 7.90. The Hall–Kier alpha value is -2.11. The summed E-state index contributed by atoms with van der Waals surface area (Å²) in [4.78, 5) is 20.0. The molecular formula is C23H23ClN2O2S. The number of benzene rings is 2. The molecule has 1 aromatic heterocycles. The lowest BCUT2D eigenvalue weighted by molar-refractivity contribution is 0.0226. The number of aryl methyl sites for hydroxylation is 2. The van der Waals surface area contributed by atoms with Gasteiger partial charge in [0.15, 0.2) is 10.9 Å². The summed E-state index contributed by atoms with van der Waals surface area (Å²) < 4.78 is 7.71. The van der Waals surface area contributed by atoms with E-state index in [0.717, 1.165) is 48.6 Å². The predicted octanol–water partition coefficient (Wildman–Crippen LogP) is 5.82. The lowest BCUT2D eigenvalue weighted by atomic mass is 9.82. The van der Waals surface area contributed by atoms with Crippen LogP contribution in [-0.2, 0) is 6.42 Å². The Labute approximate surface area is 179 Å². The SMILES string of the molecule is CCc1ccc2nc(N3CCC4(CC3)CC(=O)c3cc(Cl)cc(C)c3O4)sc2c1. The molecule has 1 fully saturated rings. The van der Waals surface area contributed by atoms with Crippen molar-refractivity contribution in [1.82, 2.24) is 4.98 Å². The van der Waals surface area contributed by atoms with Gasteiger partial charge in [0.05, 0.1) is 22.2 Å². The number of hydrogen-bond donors (Lipinski definition) is 0. The first kappa shape index (κ1) is 18.9. The van der Waals surface area contributed by atoms with Gasteiger partial charge in [-0.05, 0) is 48.7 Å². The maximum absolute atomic E-state index is 12.8. The van der Waals surface area contributed by atoms with Gasteiger partial charge in [-0.1, -0.05) is 35.9 Å². The third-order valence-electron chi connectivity index (χ3n) is 6.14. The molecule has 0 radical (unpaired) electrons. The summed E-state index contributed by atoms with van der Waals surface area (Å²) in [5.74, 6) is 0.851. The van der Waals surface area contributed by atoms with Crippen LogP contribution in [0.15, 0.2) is 30.3 Å². The van der Waals surface area contributed by atoms with E-state index in [-0.39, 0.29) is 5.78 Å². The molecule has 2 aliphatic heterocycles. The van der Waals surface area contributed by atoms with Crippen LogP contribution in [0.1, 0.15) is 47.7 Å². The van der Waals surface area contributed by atoms with E-state index in [2.05, 4.69) is 30.0 Å².